The average molecular weight is 244 g/mol. The van der Waals surface area contributed by atoms with Crippen LogP contribution in [0.4, 0.5) is 0 Å². The average Bonchev–Trinajstić information content (AvgIpc) is 2.31. The maximum atomic E-state index is 10.1. The van der Waals surface area contributed by atoms with Crippen molar-refractivity contribution in [3.8, 4) is 5.75 Å². The molecule has 1 unspecified atom stereocenters. The van der Waals surface area contributed by atoms with Crippen LogP contribution in [0.1, 0.15) is 51.2 Å². The second-order valence-corrected chi connectivity index (χ2v) is 6.53. The number of hydrogen-bond donors (Lipinski definition) is 1. The van der Waals surface area contributed by atoms with Gasteiger partial charge in [-0.25, -0.2) is 0 Å². The highest BCUT2D eigenvalue weighted by molar-refractivity contribution is 5.73. The first-order chi connectivity index (χ1) is 8.39. The van der Waals surface area contributed by atoms with Crippen LogP contribution in [0.5, 0.6) is 5.75 Å². The highest BCUT2D eigenvalue weighted by Gasteiger charge is 2.31. The first kappa shape index (κ1) is 13.2. The van der Waals surface area contributed by atoms with Crippen LogP contribution in [0.3, 0.4) is 0 Å². The molecular weight excluding hydrogens is 220 g/mol. The molecule has 0 aromatic heterocycles. The van der Waals surface area contributed by atoms with Crippen LogP contribution >= 0.6 is 0 Å². The Bertz CT molecular complexity index is 463. The molecule has 98 valence electrons. The van der Waals surface area contributed by atoms with E-state index in [0.29, 0.717) is 11.7 Å². The summed E-state index contributed by atoms with van der Waals surface area (Å²) in [6, 6.07) is 5.90. The van der Waals surface area contributed by atoms with Crippen molar-refractivity contribution >= 4 is 5.57 Å². The lowest BCUT2D eigenvalue weighted by Crippen LogP contribution is -2.23. The topological polar surface area (TPSA) is 20.2 Å². The molecule has 0 radical (unpaired) electrons. The Labute approximate surface area is 111 Å². The van der Waals surface area contributed by atoms with Crippen molar-refractivity contribution in [1.29, 1.82) is 0 Å². The largest absolute Gasteiger partial charge is 0.507 e. The van der Waals surface area contributed by atoms with Gasteiger partial charge in [-0.1, -0.05) is 38.5 Å². The molecule has 0 saturated carbocycles. The summed E-state index contributed by atoms with van der Waals surface area (Å²) in [6.45, 7) is 8.97. The highest BCUT2D eigenvalue weighted by atomic mass is 16.3. The summed E-state index contributed by atoms with van der Waals surface area (Å²) in [5.74, 6) is 0.960. The summed E-state index contributed by atoms with van der Waals surface area (Å²) < 4.78 is 0. The number of aryl methyl sites for hydroxylation is 1. The molecule has 2 rings (SSSR count). The van der Waals surface area contributed by atoms with Crippen LogP contribution in [0, 0.1) is 18.3 Å². The van der Waals surface area contributed by atoms with E-state index in [1.807, 2.05) is 12.1 Å². The minimum Gasteiger partial charge on any atom is -0.507 e. The Hall–Kier alpha value is -1.24. The van der Waals surface area contributed by atoms with Crippen LogP contribution < -0.4 is 0 Å². The normalized spacial score (nSPS) is 20.7. The smallest absolute Gasteiger partial charge is 0.123 e. The van der Waals surface area contributed by atoms with Gasteiger partial charge < -0.3 is 5.11 Å². The molecule has 1 aliphatic carbocycles. The van der Waals surface area contributed by atoms with E-state index in [4.69, 9.17) is 0 Å². The molecule has 1 aromatic rings. The lowest BCUT2D eigenvalue weighted by molar-refractivity contribution is 0.277. The van der Waals surface area contributed by atoms with Crippen molar-refractivity contribution in [3.05, 3.63) is 35.4 Å². The van der Waals surface area contributed by atoms with E-state index in [0.717, 1.165) is 12.0 Å². The number of rotatable bonds is 1. The third-order valence-electron chi connectivity index (χ3n) is 3.95. The molecule has 0 aliphatic heterocycles. The van der Waals surface area contributed by atoms with Crippen LogP contribution in [0.25, 0.3) is 5.57 Å². The summed E-state index contributed by atoms with van der Waals surface area (Å²) >= 11 is 0. The van der Waals surface area contributed by atoms with Crippen molar-refractivity contribution in [1.82, 2.24) is 0 Å². The fourth-order valence-corrected chi connectivity index (χ4v) is 2.96. The fraction of sp³-hybridized carbons (Fsp3) is 0.529. The minimum absolute atomic E-state index is 0.252. The van der Waals surface area contributed by atoms with E-state index < -0.39 is 0 Å². The first-order valence-electron chi connectivity index (χ1n) is 6.89. The minimum atomic E-state index is 0.252. The van der Waals surface area contributed by atoms with Gasteiger partial charge in [-0.3, -0.25) is 0 Å². The SMILES string of the molecule is Cc1ccc(O)c(C2=CCCCC2C(C)(C)C)c1. The second kappa shape index (κ2) is 4.79. The van der Waals surface area contributed by atoms with Crippen molar-refractivity contribution in [2.75, 3.05) is 0 Å². The summed E-state index contributed by atoms with van der Waals surface area (Å²) in [5.41, 5.74) is 3.84. The van der Waals surface area contributed by atoms with Crippen molar-refractivity contribution < 1.29 is 5.11 Å². The van der Waals surface area contributed by atoms with Crippen molar-refractivity contribution in [2.45, 2.75) is 47.0 Å². The Balaban J connectivity index is 2.47. The fourth-order valence-electron chi connectivity index (χ4n) is 2.96. The molecule has 1 aromatic carbocycles. The van der Waals surface area contributed by atoms with Crippen LogP contribution in [-0.2, 0) is 0 Å². The Morgan fingerprint density at radius 3 is 2.61 bits per heavy atom. The van der Waals surface area contributed by atoms with Gasteiger partial charge in [0.05, 0.1) is 0 Å². The number of phenolic OH excluding ortho intramolecular Hbond substituents is 1. The Morgan fingerprint density at radius 2 is 1.94 bits per heavy atom. The van der Waals surface area contributed by atoms with Crippen LogP contribution in [-0.4, -0.2) is 5.11 Å². The summed E-state index contributed by atoms with van der Waals surface area (Å²) in [7, 11) is 0. The third kappa shape index (κ3) is 2.60. The van der Waals surface area contributed by atoms with E-state index in [1.54, 1.807) is 0 Å². The number of phenols is 1. The zero-order valence-electron chi connectivity index (χ0n) is 12.0. The lowest BCUT2D eigenvalue weighted by atomic mass is 9.69. The summed E-state index contributed by atoms with van der Waals surface area (Å²) in [5, 5.41) is 10.1. The molecule has 18 heavy (non-hydrogen) atoms. The maximum Gasteiger partial charge on any atom is 0.123 e. The molecule has 1 atom stereocenters. The van der Waals surface area contributed by atoms with Crippen LogP contribution in [0.2, 0.25) is 0 Å². The maximum absolute atomic E-state index is 10.1. The Kier molecular flexibility index (Phi) is 3.52. The summed E-state index contributed by atoms with van der Waals surface area (Å²) in [4.78, 5) is 0. The molecule has 0 amide bonds. The van der Waals surface area contributed by atoms with Gasteiger partial charge in [-0.2, -0.15) is 0 Å². The predicted octanol–water partition coefficient (Wildman–Crippen LogP) is 4.93. The second-order valence-electron chi connectivity index (χ2n) is 6.53. The lowest BCUT2D eigenvalue weighted by Gasteiger charge is -2.36. The monoisotopic (exact) mass is 244 g/mol. The molecule has 0 heterocycles. The van der Waals surface area contributed by atoms with E-state index in [-0.39, 0.29) is 5.41 Å². The van der Waals surface area contributed by atoms with Gasteiger partial charge in [0, 0.05) is 5.56 Å². The van der Waals surface area contributed by atoms with Gasteiger partial charge in [-0.15, -0.1) is 0 Å². The van der Waals surface area contributed by atoms with Gasteiger partial charge in [0.15, 0.2) is 0 Å². The molecule has 0 saturated heterocycles. The first-order valence-corrected chi connectivity index (χ1v) is 6.89. The molecule has 1 aliphatic rings. The number of allylic oxidation sites excluding steroid dienone is 2. The van der Waals surface area contributed by atoms with E-state index in [2.05, 4.69) is 39.8 Å². The van der Waals surface area contributed by atoms with E-state index in [1.165, 1.54) is 24.0 Å². The van der Waals surface area contributed by atoms with Crippen molar-refractivity contribution in [2.24, 2.45) is 11.3 Å². The van der Waals surface area contributed by atoms with Gasteiger partial charge in [0.2, 0.25) is 0 Å². The zero-order chi connectivity index (χ0) is 13.3. The van der Waals surface area contributed by atoms with E-state index >= 15 is 0 Å². The van der Waals surface area contributed by atoms with Gasteiger partial charge >= 0.3 is 0 Å². The molecule has 1 N–H and O–H groups in total. The predicted molar refractivity (Wildman–Crippen MR) is 77.6 cm³/mol. The Morgan fingerprint density at radius 1 is 1.22 bits per heavy atom. The van der Waals surface area contributed by atoms with Crippen molar-refractivity contribution in [3.63, 3.8) is 0 Å². The third-order valence-corrected chi connectivity index (χ3v) is 3.95. The zero-order valence-corrected chi connectivity index (χ0v) is 12.0. The standard InChI is InChI=1S/C17H24O/c1-12-9-10-16(18)14(11-12)13-7-5-6-8-15(13)17(2,3)4/h7,9-11,15,18H,5-6,8H2,1-4H3. The molecular formula is C17H24O. The molecule has 1 heteroatoms. The molecule has 0 fully saturated rings. The van der Waals surface area contributed by atoms with Gasteiger partial charge in [0.1, 0.15) is 5.75 Å². The quantitative estimate of drug-likeness (QED) is 0.742. The summed E-state index contributed by atoms with van der Waals surface area (Å²) in [6.07, 6.45) is 5.95. The molecule has 0 bridgehead atoms. The number of hydrogen-bond acceptors (Lipinski definition) is 1. The molecule has 1 nitrogen and oxygen atoms in total. The number of aromatic hydroxyl groups is 1. The van der Waals surface area contributed by atoms with E-state index in [9.17, 15) is 5.11 Å². The van der Waals surface area contributed by atoms with Gasteiger partial charge in [0.25, 0.3) is 0 Å². The highest BCUT2D eigenvalue weighted by Crippen LogP contribution is 2.45. The number of benzene rings is 1. The van der Waals surface area contributed by atoms with Crippen LogP contribution in [0.15, 0.2) is 24.3 Å². The molecule has 0 spiro atoms. The van der Waals surface area contributed by atoms with Gasteiger partial charge in [-0.05, 0) is 55.2 Å².